The Morgan fingerprint density at radius 1 is 0.933 bits per heavy atom. The molecule has 0 bridgehead atoms. The summed E-state index contributed by atoms with van der Waals surface area (Å²) >= 11 is 0. The number of hydrogen-bond donors (Lipinski definition) is 1. The predicted octanol–water partition coefficient (Wildman–Crippen LogP) is 4.36. The smallest absolute Gasteiger partial charge is 0.497 e. The molecule has 1 N–H and O–H groups in total. The number of benzene rings is 2. The zero-order chi connectivity index (χ0) is 19.5. The van der Waals surface area contributed by atoms with Gasteiger partial charge in [-0.15, -0.1) is 22.3 Å². The maximum absolute atomic E-state index is 6.24. The van der Waals surface area contributed by atoms with Gasteiger partial charge in [-0.2, -0.15) is 0 Å². The zero-order valence-electron chi connectivity index (χ0n) is 16.6. The zero-order valence-corrected chi connectivity index (χ0v) is 18.9. The Labute approximate surface area is 189 Å². The average molecular weight is 577 g/mol. The van der Waals surface area contributed by atoms with Crippen LogP contribution in [-0.4, -0.2) is 19.1 Å². The van der Waals surface area contributed by atoms with Crippen molar-refractivity contribution in [3.05, 3.63) is 65.7 Å². The van der Waals surface area contributed by atoms with Crippen LogP contribution in [-0.2, 0) is 40.7 Å². The molecule has 0 saturated carbocycles. The van der Waals surface area contributed by atoms with E-state index in [4.69, 9.17) is 4.74 Å². The van der Waals surface area contributed by atoms with E-state index in [1.165, 1.54) is 11.1 Å². The van der Waals surface area contributed by atoms with Gasteiger partial charge in [-0.1, -0.05) is 43.7 Å². The van der Waals surface area contributed by atoms with Crippen molar-refractivity contribution in [3.63, 3.8) is 0 Å². The summed E-state index contributed by atoms with van der Waals surface area (Å²) in [5.41, 5.74) is 6.63. The number of hydrogen-bond acceptors (Lipinski definition) is 4. The maximum atomic E-state index is 6.24. The minimum absolute atomic E-state index is 0. The summed E-state index contributed by atoms with van der Waals surface area (Å²) in [5.74, 6) is 3.20. The van der Waals surface area contributed by atoms with Crippen molar-refractivity contribution in [2.45, 2.75) is 33.5 Å². The fourth-order valence-corrected chi connectivity index (χ4v) is 4.32. The van der Waals surface area contributed by atoms with Gasteiger partial charge in [0.1, 0.15) is 0 Å². The monoisotopic (exact) mass is 576 g/mol. The van der Waals surface area contributed by atoms with Gasteiger partial charge in [0.25, 0.3) is 0 Å². The molecular weight excluding hydrogens is 557 g/mol. The number of aromatic nitrogens is 4. The topological polar surface area (TPSA) is 56.9 Å². The minimum atomic E-state index is 0. The summed E-state index contributed by atoms with van der Waals surface area (Å²) in [6, 6.07) is 10.9. The largest absolute Gasteiger partial charge is 2.00 e. The molecule has 0 atom stereocenters. The number of ether oxygens (including phenoxy) is 1. The number of anilines is 1. The standard InChI is InChI=1S/C23H19N5O.Pt/c1-14-9-16(11-19-18(14)3-6-27-7-4-24-22(19)27)29-17-10-15(2)21-20(12-17)23-25-5-8-28(23)13-26-21;/h4-5,7-10,26H,3,6,13H2,1-2H3;/q-2;+2. The van der Waals surface area contributed by atoms with Crippen LogP contribution in [0.4, 0.5) is 5.69 Å². The minimum Gasteiger partial charge on any atom is -0.497 e. The van der Waals surface area contributed by atoms with Gasteiger partial charge in [0.05, 0.1) is 18.3 Å². The van der Waals surface area contributed by atoms with Gasteiger partial charge < -0.3 is 19.2 Å². The van der Waals surface area contributed by atoms with E-state index in [9.17, 15) is 0 Å². The van der Waals surface area contributed by atoms with E-state index in [2.05, 4.69) is 56.5 Å². The van der Waals surface area contributed by atoms with E-state index >= 15 is 0 Å². The molecule has 2 aliphatic rings. The van der Waals surface area contributed by atoms with Crippen molar-refractivity contribution in [1.29, 1.82) is 0 Å². The molecule has 2 aromatic carbocycles. The van der Waals surface area contributed by atoms with Gasteiger partial charge in [-0.25, -0.2) is 0 Å². The van der Waals surface area contributed by atoms with Crippen LogP contribution in [0.5, 0.6) is 11.5 Å². The molecule has 4 aromatic rings. The first-order valence-electron chi connectivity index (χ1n) is 9.75. The average Bonchev–Trinajstić information content (AvgIpc) is 3.37. The third kappa shape index (κ3) is 2.90. The van der Waals surface area contributed by atoms with Crippen LogP contribution in [0, 0.1) is 26.0 Å². The molecule has 0 fully saturated rings. The van der Waals surface area contributed by atoms with Crippen molar-refractivity contribution in [2.75, 3.05) is 5.32 Å². The number of rotatable bonds is 2. The first-order chi connectivity index (χ1) is 14.2. The Morgan fingerprint density at radius 2 is 1.60 bits per heavy atom. The normalized spacial score (nSPS) is 13.3. The van der Waals surface area contributed by atoms with Crippen LogP contribution < -0.4 is 10.1 Å². The van der Waals surface area contributed by atoms with Crippen LogP contribution in [0.3, 0.4) is 0 Å². The molecule has 152 valence electrons. The summed E-state index contributed by atoms with van der Waals surface area (Å²) in [7, 11) is 0. The van der Waals surface area contributed by atoms with E-state index in [-0.39, 0.29) is 21.1 Å². The second-order valence-corrected chi connectivity index (χ2v) is 7.59. The quantitative estimate of drug-likeness (QED) is 0.361. The SMILES string of the molecule is Cc1cc(Oc2[c-]c3c(c(C)c2)NCn2ccnc2-3)[c-]c2c1CCn1ccnc1-2.[Pt+2]. The molecule has 6 rings (SSSR count). The first kappa shape index (κ1) is 19.1. The van der Waals surface area contributed by atoms with Crippen molar-refractivity contribution in [3.8, 4) is 34.3 Å². The summed E-state index contributed by atoms with van der Waals surface area (Å²) in [4.78, 5) is 9.02. The first-order valence-corrected chi connectivity index (χ1v) is 9.75. The molecule has 7 heteroatoms. The summed E-state index contributed by atoms with van der Waals surface area (Å²) in [6.07, 6.45) is 8.62. The van der Waals surface area contributed by atoms with Gasteiger partial charge in [-0.3, -0.25) is 9.97 Å². The molecule has 2 aliphatic heterocycles. The van der Waals surface area contributed by atoms with Crippen LogP contribution in [0.15, 0.2) is 36.9 Å². The Balaban J connectivity index is 0.00000193. The third-order valence-electron chi connectivity index (χ3n) is 5.74. The number of aryl methyl sites for hydroxylation is 3. The molecular formula is C23H19N5OPt. The predicted molar refractivity (Wildman–Crippen MR) is 110 cm³/mol. The Kier molecular flexibility index (Phi) is 4.55. The molecule has 0 radical (unpaired) electrons. The van der Waals surface area contributed by atoms with Gasteiger partial charge in [0.15, 0.2) is 0 Å². The molecule has 0 amide bonds. The number of nitrogens with one attached hydrogen (secondary N) is 1. The van der Waals surface area contributed by atoms with Gasteiger partial charge in [0.2, 0.25) is 0 Å². The van der Waals surface area contributed by atoms with Crippen molar-refractivity contribution >= 4 is 5.69 Å². The third-order valence-corrected chi connectivity index (χ3v) is 5.74. The molecule has 0 aliphatic carbocycles. The fraction of sp³-hybridized carbons (Fsp3) is 0.217. The van der Waals surface area contributed by atoms with Crippen molar-refractivity contribution in [2.24, 2.45) is 0 Å². The van der Waals surface area contributed by atoms with Crippen molar-refractivity contribution in [1.82, 2.24) is 19.1 Å². The van der Waals surface area contributed by atoms with Crippen LogP contribution in [0.2, 0.25) is 0 Å². The van der Waals surface area contributed by atoms with Gasteiger partial charge in [-0.05, 0) is 12.1 Å². The molecule has 0 saturated heterocycles. The van der Waals surface area contributed by atoms with E-state index < -0.39 is 0 Å². The van der Waals surface area contributed by atoms with Crippen LogP contribution >= 0.6 is 0 Å². The maximum Gasteiger partial charge on any atom is 2.00 e. The molecule has 0 unspecified atom stereocenters. The number of fused-ring (bicyclic) bond motifs is 6. The van der Waals surface area contributed by atoms with Gasteiger partial charge >= 0.3 is 21.1 Å². The molecule has 2 aromatic heterocycles. The van der Waals surface area contributed by atoms with E-state index in [0.717, 1.165) is 47.0 Å². The summed E-state index contributed by atoms with van der Waals surface area (Å²) in [6.45, 7) is 5.86. The Bertz CT molecular complexity index is 1180. The van der Waals surface area contributed by atoms with Crippen LogP contribution in [0.1, 0.15) is 16.7 Å². The number of imidazole rings is 2. The number of nitrogens with zero attached hydrogens (tertiary/aromatic N) is 4. The fourth-order valence-electron chi connectivity index (χ4n) is 4.32. The van der Waals surface area contributed by atoms with E-state index in [1.54, 1.807) is 0 Å². The second-order valence-electron chi connectivity index (χ2n) is 7.59. The van der Waals surface area contributed by atoms with E-state index in [0.29, 0.717) is 18.2 Å². The summed E-state index contributed by atoms with van der Waals surface area (Å²) in [5, 5.41) is 3.44. The second kappa shape index (κ2) is 7.13. The molecule has 6 nitrogen and oxygen atoms in total. The van der Waals surface area contributed by atoms with E-state index in [1.807, 2.05) is 30.9 Å². The molecule has 30 heavy (non-hydrogen) atoms. The van der Waals surface area contributed by atoms with Crippen molar-refractivity contribution < 1.29 is 25.8 Å². The van der Waals surface area contributed by atoms with Crippen LogP contribution in [0.25, 0.3) is 22.8 Å². The van der Waals surface area contributed by atoms with Gasteiger partial charge in [0, 0.05) is 42.8 Å². The molecule has 0 spiro atoms. The molecule has 4 heterocycles. The Hall–Kier alpha value is -2.85. The summed E-state index contributed by atoms with van der Waals surface area (Å²) < 4.78 is 10.5. The Morgan fingerprint density at radius 3 is 2.40 bits per heavy atom.